The second-order valence-corrected chi connectivity index (χ2v) is 10.3. The van der Waals surface area contributed by atoms with Crippen LogP contribution in [0.4, 0.5) is 0 Å². The van der Waals surface area contributed by atoms with E-state index in [0.717, 1.165) is 33.5 Å². The van der Waals surface area contributed by atoms with Crippen LogP contribution in [0.15, 0.2) is 97.1 Å². The van der Waals surface area contributed by atoms with Gasteiger partial charge in [0.25, 0.3) is 0 Å². The quantitative estimate of drug-likeness (QED) is 0.276. The molecule has 0 amide bonds. The first-order valence-corrected chi connectivity index (χ1v) is 11.9. The van der Waals surface area contributed by atoms with Crippen molar-refractivity contribution < 1.29 is 0 Å². The lowest BCUT2D eigenvalue weighted by atomic mass is 9.55. The van der Waals surface area contributed by atoms with E-state index in [4.69, 9.17) is 9.97 Å². The first-order valence-electron chi connectivity index (χ1n) is 11.9. The van der Waals surface area contributed by atoms with Crippen molar-refractivity contribution in [1.82, 2.24) is 9.97 Å². The molecule has 1 aliphatic carbocycles. The Morgan fingerprint density at radius 1 is 0.471 bits per heavy atom. The maximum absolute atomic E-state index is 5.13. The van der Waals surface area contributed by atoms with Crippen molar-refractivity contribution in [2.24, 2.45) is 0 Å². The topological polar surface area (TPSA) is 25.8 Å². The zero-order valence-corrected chi connectivity index (χ0v) is 20.1. The van der Waals surface area contributed by atoms with Crippen molar-refractivity contribution in [1.29, 1.82) is 0 Å². The highest BCUT2D eigenvalue weighted by Crippen LogP contribution is 2.54. The Bertz CT molecular complexity index is 1540. The first kappa shape index (κ1) is 20.8. The molecule has 0 saturated carbocycles. The van der Waals surface area contributed by atoms with Gasteiger partial charge in [0.15, 0.2) is 0 Å². The zero-order chi connectivity index (χ0) is 23.5. The number of benzene rings is 4. The van der Waals surface area contributed by atoms with Crippen molar-refractivity contribution in [2.75, 3.05) is 0 Å². The van der Waals surface area contributed by atoms with Crippen molar-refractivity contribution in [3.05, 3.63) is 108 Å². The third-order valence-electron chi connectivity index (χ3n) is 8.04. The number of hydrogen-bond acceptors (Lipinski definition) is 2. The summed E-state index contributed by atoms with van der Waals surface area (Å²) in [6, 6.07) is 34.2. The van der Waals surface area contributed by atoms with Crippen molar-refractivity contribution in [3.8, 4) is 33.6 Å². The van der Waals surface area contributed by atoms with Crippen LogP contribution in [-0.2, 0) is 10.8 Å². The minimum absolute atomic E-state index is 0.00740. The molecule has 1 aromatic heterocycles. The normalized spacial score (nSPS) is 15.5. The second kappa shape index (κ2) is 7.36. The fraction of sp³-hybridized carbons (Fsp3) is 0.188. The number of rotatable bonds is 2. The van der Waals surface area contributed by atoms with Gasteiger partial charge in [-0.2, -0.15) is 0 Å². The molecule has 166 valence electrons. The summed E-state index contributed by atoms with van der Waals surface area (Å²) >= 11 is 0. The molecule has 1 heterocycles. The minimum Gasteiger partial charge on any atom is -0.244 e. The molecule has 0 N–H and O–H groups in total. The number of para-hydroxylation sites is 2. The zero-order valence-electron chi connectivity index (χ0n) is 20.1. The van der Waals surface area contributed by atoms with E-state index < -0.39 is 0 Å². The molecule has 2 nitrogen and oxygen atoms in total. The summed E-state index contributed by atoms with van der Waals surface area (Å²) < 4.78 is 0. The fourth-order valence-electron chi connectivity index (χ4n) is 5.39. The van der Waals surface area contributed by atoms with E-state index in [1.807, 2.05) is 30.3 Å². The van der Waals surface area contributed by atoms with E-state index in [1.165, 1.54) is 22.3 Å². The molecular weight excluding hydrogens is 412 g/mol. The molecule has 0 bridgehead atoms. The van der Waals surface area contributed by atoms with E-state index in [2.05, 4.69) is 94.4 Å². The molecule has 4 aromatic carbocycles. The van der Waals surface area contributed by atoms with Crippen LogP contribution in [-0.4, -0.2) is 9.97 Å². The summed E-state index contributed by atoms with van der Waals surface area (Å²) in [6.45, 7) is 9.47. The number of nitrogens with zero attached hydrogens (tertiary/aromatic N) is 2. The van der Waals surface area contributed by atoms with Gasteiger partial charge in [-0.15, -0.1) is 0 Å². The van der Waals surface area contributed by atoms with Gasteiger partial charge in [-0.05, 0) is 51.3 Å². The molecule has 0 atom stereocenters. The van der Waals surface area contributed by atoms with Crippen molar-refractivity contribution in [2.45, 2.75) is 38.5 Å². The Labute approximate surface area is 201 Å². The summed E-state index contributed by atoms with van der Waals surface area (Å²) in [6.07, 6.45) is 0. The van der Waals surface area contributed by atoms with Gasteiger partial charge in [-0.3, -0.25) is 0 Å². The van der Waals surface area contributed by atoms with E-state index in [9.17, 15) is 0 Å². The van der Waals surface area contributed by atoms with Gasteiger partial charge in [0.1, 0.15) is 0 Å². The molecular formula is C32H28N2. The van der Waals surface area contributed by atoms with E-state index in [1.54, 1.807) is 0 Å². The van der Waals surface area contributed by atoms with E-state index >= 15 is 0 Å². The molecule has 34 heavy (non-hydrogen) atoms. The van der Waals surface area contributed by atoms with Gasteiger partial charge >= 0.3 is 0 Å². The van der Waals surface area contributed by atoms with Gasteiger partial charge < -0.3 is 0 Å². The number of fused-ring (bicyclic) bond motifs is 4. The molecule has 0 aliphatic heterocycles. The van der Waals surface area contributed by atoms with Gasteiger partial charge in [0, 0.05) is 11.1 Å². The monoisotopic (exact) mass is 440 g/mol. The lowest BCUT2D eigenvalue weighted by Crippen LogP contribution is -2.43. The van der Waals surface area contributed by atoms with Crippen molar-refractivity contribution in [3.63, 3.8) is 0 Å². The number of hydrogen-bond donors (Lipinski definition) is 0. The van der Waals surface area contributed by atoms with Crippen LogP contribution in [0.25, 0.3) is 44.7 Å². The van der Waals surface area contributed by atoms with Crippen LogP contribution >= 0.6 is 0 Å². The highest BCUT2D eigenvalue weighted by Gasteiger charge is 2.45. The van der Waals surface area contributed by atoms with Crippen LogP contribution < -0.4 is 0 Å². The predicted molar refractivity (Wildman–Crippen MR) is 142 cm³/mol. The Morgan fingerprint density at radius 2 is 1.00 bits per heavy atom. The Morgan fingerprint density at radius 3 is 1.68 bits per heavy atom. The standard InChI is InChI=1S/C32H28N2/c1-31(2)25-15-9-8-14-23(25)24-20-22(18-19-26(24)32(31,3)4)30-29(21-12-6-5-7-13-21)33-27-16-10-11-17-28(27)34-30/h5-20H,1-4H3. The summed E-state index contributed by atoms with van der Waals surface area (Å²) in [5.41, 5.74) is 11.3. The lowest BCUT2D eigenvalue weighted by molar-refractivity contribution is 0.299. The van der Waals surface area contributed by atoms with Crippen LogP contribution in [0.1, 0.15) is 38.8 Å². The van der Waals surface area contributed by atoms with Gasteiger partial charge in [-0.1, -0.05) is 107 Å². The number of aromatic nitrogens is 2. The third kappa shape index (κ3) is 2.95. The lowest BCUT2D eigenvalue weighted by Gasteiger charge is -2.48. The predicted octanol–water partition coefficient (Wildman–Crippen LogP) is 8.20. The molecule has 0 saturated heterocycles. The average Bonchev–Trinajstić information content (AvgIpc) is 2.87. The van der Waals surface area contributed by atoms with E-state index in [-0.39, 0.29) is 10.8 Å². The van der Waals surface area contributed by atoms with Crippen molar-refractivity contribution >= 4 is 11.0 Å². The molecule has 0 spiro atoms. The Balaban J connectivity index is 1.64. The molecule has 2 heteroatoms. The van der Waals surface area contributed by atoms with Gasteiger partial charge in [0.2, 0.25) is 0 Å². The summed E-state index contributed by atoms with van der Waals surface area (Å²) in [7, 11) is 0. The Kier molecular flexibility index (Phi) is 4.50. The van der Waals surface area contributed by atoms with Gasteiger partial charge in [-0.25, -0.2) is 9.97 Å². The van der Waals surface area contributed by atoms with E-state index in [0.29, 0.717) is 0 Å². The van der Waals surface area contributed by atoms with Gasteiger partial charge in [0.05, 0.1) is 22.4 Å². The fourth-order valence-corrected chi connectivity index (χ4v) is 5.39. The molecule has 0 fully saturated rings. The van der Waals surface area contributed by atoms with Crippen LogP contribution in [0, 0.1) is 0 Å². The van der Waals surface area contributed by atoms with Crippen LogP contribution in [0.2, 0.25) is 0 Å². The average molecular weight is 441 g/mol. The molecule has 0 unspecified atom stereocenters. The Hall–Kier alpha value is -3.78. The molecule has 6 rings (SSSR count). The smallest absolute Gasteiger partial charge is 0.0973 e. The summed E-state index contributed by atoms with van der Waals surface area (Å²) in [5, 5.41) is 0. The highest BCUT2D eigenvalue weighted by atomic mass is 14.8. The molecule has 0 radical (unpaired) electrons. The van der Waals surface area contributed by atoms with Crippen LogP contribution in [0.5, 0.6) is 0 Å². The minimum atomic E-state index is -0.00740. The summed E-state index contributed by atoms with van der Waals surface area (Å²) in [4.78, 5) is 10.2. The molecule has 1 aliphatic rings. The third-order valence-corrected chi connectivity index (χ3v) is 8.04. The highest BCUT2D eigenvalue weighted by molar-refractivity contribution is 5.89. The SMILES string of the molecule is CC1(C)c2ccccc2-c2cc(-c3nc4ccccc4nc3-c3ccccc3)ccc2C1(C)C. The maximum atomic E-state index is 5.13. The molecule has 5 aromatic rings. The largest absolute Gasteiger partial charge is 0.244 e. The maximum Gasteiger partial charge on any atom is 0.0973 e. The second-order valence-electron chi connectivity index (χ2n) is 10.3. The first-order chi connectivity index (χ1) is 16.4. The van der Waals surface area contributed by atoms with Crippen LogP contribution in [0.3, 0.4) is 0 Å². The summed E-state index contributed by atoms with van der Waals surface area (Å²) in [5.74, 6) is 0.